The van der Waals surface area contributed by atoms with E-state index in [1.54, 1.807) is 0 Å². The summed E-state index contributed by atoms with van der Waals surface area (Å²) in [6.07, 6.45) is 6.48. The highest BCUT2D eigenvalue weighted by Gasteiger charge is 2.31. The number of hydrogen-bond donors (Lipinski definition) is 2. The number of aromatic nitrogens is 1. The maximum Gasteiger partial charge on any atom is 0.252 e. The summed E-state index contributed by atoms with van der Waals surface area (Å²) in [5.41, 5.74) is 2.56. The van der Waals surface area contributed by atoms with Crippen LogP contribution in [0.4, 0.5) is 0 Å². The van der Waals surface area contributed by atoms with Crippen molar-refractivity contribution >= 4 is 16.8 Å². The number of nitrogens with one attached hydrogen (secondary N) is 1. The van der Waals surface area contributed by atoms with Crippen LogP contribution in [0.2, 0.25) is 0 Å². The molecule has 2 fully saturated rings. The molecule has 1 saturated carbocycles. The van der Waals surface area contributed by atoms with E-state index in [-0.39, 0.29) is 19.1 Å². The van der Waals surface area contributed by atoms with Gasteiger partial charge in [-0.2, -0.15) is 0 Å². The zero-order valence-electron chi connectivity index (χ0n) is 15.2. The van der Waals surface area contributed by atoms with Gasteiger partial charge in [0.2, 0.25) is 0 Å². The molecule has 5 nitrogen and oxygen atoms in total. The first-order valence-electron chi connectivity index (χ1n) is 9.79. The SMILES string of the molecule is O=C(NCCO)c1cc(C2CCN(C3CCCC3)C2)nc2ccccc12. The van der Waals surface area contributed by atoms with Crippen LogP contribution in [0.1, 0.15) is 54.1 Å². The first-order valence-corrected chi connectivity index (χ1v) is 9.79. The third kappa shape index (κ3) is 3.46. The second kappa shape index (κ2) is 7.72. The van der Waals surface area contributed by atoms with Crippen molar-refractivity contribution in [3.63, 3.8) is 0 Å². The van der Waals surface area contributed by atoms with E-state index in [4.69, 9.17) is 10.1 Å². The summed E-state index contributed by atoms with van der Waals surface area (Å²) in [6, 6.07) is 10.5. The second-order valence-corrected chi connectivity index (χ2v) is 7.51. The Morgan fingerprint density at radius 1 is 1.23 bits per heavy atom. The van der Waals surface area contributed by atoms with Crippen LogP contribution in [0, 0.1) is 0 Å². The summed E-state index contributed by atoms with van der Waals surface area (Å²) in [6.45, 7) is 2.40. The van der Waals surface area contributed by atoms with Crippen LogP contribution < -0.4 is 5.32 Å². The van der Waals surface area contributed by atoms with Gasteiger partial charge in [0.25, 0.3) is 5.91 Å². The third-order valence-corrected chi connectivity index (χ3v) is 5.86. The van der Waals surface area contributed by atoms with Crippen molar-refractivity contribution in [3.05, 3.63) is 41.6 Å². The quantitative estimate of drug-likeness (QED) is 0.867. The fourth-order valence-corrected chi connectivity index (χ4v) is 4.49. The van der Waals surface area contributed by atoms with Gasteiger partial charge in [0.1, 0.15) is 0 Å². The molecule has 1 aliphatic carbocycles. The Morgan fingerprint density at radius 2 is 2.04 bits per heavy atom. The van der Waals surface area contributed by atoms with E-state index in [1.807, 2.05) is 30.3 Å². The zero-order valence-corrected chi connectivity index (χ0v) is 15.2. The molecule has 1 unspecified atom stereocenters. The van der Waals surface area contributed by atoms with E-state index in [9.17, 15) is 4.79 Å². The number of carbonyl (C=O) groups excluding carboxylic acids is 1. The lowest BCUT2D eigenvalue weighted by atomic mass is 9.99. The molecule has 1 saturated heterocycles. The van der Waals surface area contributed by atoms with E-state index in [2.05, 4.69) is 10.2 Å². The number of hydrogen-bond acceptors (Lipinski definition) is 4. The molecule has 138 valence electrons. The number of carbonyl (C=O) groups is 1. The maximum absolute atomic E-state index is 12.6. The lowest BCUT2D eigenvalue weighted by Gasteiger charge is -2.23. The van der Waals surface area contributed by atoms with Gasteiger partial charge in [0.15, 0.2) is 0 Å². The standard InChI is InChI=1S/C21H27N3O2/c25-12-10-22-21(26)18-13-20(23-19-8-4-3-7-17(18)19)15-9-11-24(14-15)16-5-1-2-6-16/h3-4,7-8,13,15-16,25H,1-2,5-6,9-12,14H2,(H,22,26). The summed E-state index contributed by atoms with van der Waals surface area (Å²) < 4.78 is 0. The van der Waals surface area contributed by atoms with Crippen LogP contribution >= 0.6 is 0 Å². The monoisotopic (exact) mass is 353 g/mol. The lowest BCUT2D eigenvalue weighted by molar-refractivity contribution is 0.0946. The normalized spacial score (nSPS) is 21.5. The highest BCUT2D eigenvalue weighted by atomic mass is 16.3. The molecule has 5 heteroatoms. The third-order valence-electron chi connectivity index (χ3n) is 5.86. The molecular formula is C21H27N3O2. The number of benzene rings is 1. The van der Waals surface area contributed by atoms with Crippen molar-refractivity contribution in [1.82, 2.24) is 15.2 Å². The van der Waals surface area contributed by atoms with Crippen LogP contribution in [0.5, 0.6) is 0 Å². The van der Waals surface area contributed by atoms with Crippen molar-refractivity contribution < 1.29 is 9.90 Å². The van der Waals surface area contributed by atoms with Gasteiger partial charge in [0, 0.05) is 36.1 Å². The van der Waals surface area contributed by atoms with E-state index in [0.717, 1.165) is 42.1 Å². The molecule has 2 aromatic rings. The minimum atomic E-state index is -0.135. The van der Waals surface area contributed by atoms with Crippen molar-refractivity contribution in [3.8, 4) is 0 Å². The Balaban J connectivity index is 1.62. The molecular weight excluding hydrogens is 326 g/mol. The van der Waals surface area contributed by atoms with E-state index in [0.29, 0.717) is 11.5 Å². The molecule has 1 aromatic carbocycles. The topological polar surface area (TPSA) is 65.5 Å². The number of nitrogens with zero attached hydrogens (tertiary/aromatic N) is 2. The fraction of sp³-hybridized carbons (Fsp3) is 0.524. The first kappa shape index (κ1) is 17.4. The van der Waals surface area contributed by atoms with Crippen molar-refractivity contribution in [1.29, 1.82) is 0 Å². The summed E-state index contributed by atoms with van der Waals surface area (Å²) in [4.78, 5) is 20.1. The molecule has 1 aliphatic heterocycles. The van der Waals surface area contributed by atoms with Crippen molar-refractivity contribution in [2.24, 2.45) is 0 Å². The number of aliphatic hydroxyl groups excluding tert-OH is 1. The molecule has 2 heterocycles. The Hall–Kier alpha value is -1.98. The van der Waals surface area contributed by atoms with Gasteiger partial charge < -0.3 is 10.4 Å². The van der Waals surface area contributed by atoms with Crippen molar-refractivity contribution in [2.75, 3.05) is 26.2 Å². The molecule has 0 bridgehead atoms. The predicted molar refractivity (Wildman–Crippen MR) is 102 cm³/mol. The average Bonchev–Trinajstić information content (AvgIpc) is 3.36. The Bertz CT molecular complexity index is 786. The second-order valence-electron chi connectivity index (χ2n) is 7.51. The average molecular weight is 353 g/mol. The number of aliphatic hydroxyl groups is 1. The number of pyridine rings is 1. The van der Waals surface area contributed by atoms with Crippen LogP contribution in [0.3, 0.4) is 0 Å². The molecule has 2 N–H and O–H groups in total. The number of amides is 1. The minimum Gasteiger partial charge on any atom is -0.395 e. The lowest BCUT2D eigenvalue weighted by Crippen LogP contribution is -2.30. The van der Waals surface area contributed by atoms with Gasteiger partial charge in [-0.3, -0.25) is 14.7 Å². The summed E-state index contributed by atoms with van der Waals surface area (Å²) in [7, 11) is 0. The highest BCUT2D eigenvalue weighted by molar-refractivity contribution is 6.06. The van der Waals surface area contributed by atoms with Gasteiger partial charge in [-0.15, -0.1) is 0 Å². The Kier molecular flexibility index (Phi) is 5.18. The number of para-hydroxylation sites is 1. The minimum absolute atomic E-state index is 0.0550. The van der Waals surface area contributed by atoms with Crippen molar-refractivity contribution in [2.45, 2.75) is 44.1 Å². The van der Waals surface area contributed by atoms with E-state index in [1.165, 1.54) is 25.7 Å². The fourth-order valence-electron chi connectivity index (χ4n) is 4.49. The van der Waals surface area contributed by atoms with Gasteiger partial charge in [0.05, 0.1) is 17.7 Å². The Labute approximate surface area is 154 Å². The molecule has 1 amide bonds. The van der Waals surface area contributed by atoms with Crippen LogP contribution in [0.25, 0.3) is 10.9 Å². The zero-order chi connectivity index (χ0) is 17.9. The molecule has 0 spiro atoms. The molecule has 4 rings (SSSR count). The molecule has 26 heavy (non-hydrogen) atoms. The smallest absolute Gasteiger partial charge is 0.252 e. The first-order chi connectivity index (χ1) is 12.8. The molecule has 1 aromatic heterocycles. The molecule has 0 radical (unpaired) electrons. The van der Waals surface area contributed by atoms with Gasteiger partial charge >= 0.3 is 0 Å². The summed E-state index contributed by atoms with van der Waals surface area (Å²) in [5.74, 6) is 0.258. The number of fused-ring (bicyclic) bond motifs is 1. The summed E-state index contributed by atoms with van der Waals surface area (Å²) >= 11 is 0. The predicted octanol–water partition coefficient (Wildman–Crippen LogP) is 2.69. The number of rotatable bonds is 5. The maximum atomic E-state index is 12.6. The van der Waals surface area contributed by atoms with E-state index >= 15 is 0 Å². The Morgan fingerprint density at radius 3 is 2.85 bits per heavy atom. The molecule has 1 atom stereocenters. The van der Waals surface area contributed by atoms with Crippen LogP contribution in [0.15, 0.2) is 30.3 Å². The largest absolute Gasteiger partial charge is 0.395 e. The van der Waals surface area contributed by atoms with E-state index < -0.39 is 0 Å². The summed E-state index contributed by atoms with van der Waals surface area (Å²) in [5, 5.41) is 12.7. The highest BCUT2D eigenvalue weighted by Crippen LogP contribution is 2.33. The van der Waals surface area contributed by atoms with Crippen LogP contribution in [-0.2, 0) is 0 Å². The van der Waals surface area contributed by atoms with Gasteiger partial charge in [-0.05, 0) is 37.9 Å². The molecule has 2 aliphatic rings. The number of likely N-dealkylation sites (tertiary alicyclic amines) is 1. The van der Waals surface area contributed by atoms with Crippen LogP contribution in [-0.4, -0.2) is 53.2 Å². The van der Waals surface area contributed by atoms with Gasteiger partial charge in [-0.1, -0.05) is 31.0 Å². The van der Waals surface area contributed by atoms with Gasteiger partial charge in [-0.25, -0.2) is 0 Å².